The third kappa shape index (κ3) is 3.72. The van der Waals surface area contributed by atoms with Crippen LogP contribution in [0.1, 0.15) is 0 Å². The van der Waals surface area contributed by atoms with E-state index in [9.17, 15) is 14.7 Å². The van der Waals surface area contributed by atoms with Gasteiger partial charge in [-0.2, -0.15) is 0 Å². The van der Waals surface area contributed by atoms with E-state index in [1.165, 1.54) is 29.5 Å². The Kier molecular flexibility index (Phi) is 4.77. The number of hydrogen-bond acceptors (Lipinski definition) is 7. The lowest BCUT2D eigenvalue weighted by Crippen LogP contribution is -2.20. The molecule has 0 bridgehead atoms. The van der Waals surface area contributed by atoms with Crippen molar-refractivity contribution in [3.05, 3.63) is 70.3 Å². The molecule has 4 aromatic rings. The minimum absolute atomic E-state index is 0.0549. The summed E-state index contributed by atoms with van der Waals surface area (Å²) in [7, 11) is 0. The number of carbonyl (C=O) groups is 1. The Morgan fingerprint density at radius 2 is 2.04 bits per heavy atom. The Labute approximate surface area is 162 Å². The molecule has 1 amide bonds. The van der Waals surface area contributed by atoms with E-state index in [0.717, 1.165) is 5.56 Å². The van der Waals surface area contributed by atoms with Crippen molar-refractivity contribution >= 4 is 33.3 Å². The Bertz CT molecular complexity index is 1190. The molecule has 0 atom stereocenters. The average Bonchev–Trinajstić information content (AvgIpc) is 3.19. The Balaban J connectivity index is 1.61. The highest BCUT2D eigenvalue weighted by Gasteiger charge is 2.14. The molecule has 0 radical (unpaired) electrons. The first-order valence-corrected chi connectivity index (χ1v) is 9.16. The van der Waals surface area contributed by atoms with Gasteiger partial charge in [0, 0.05) is 35.3 Å². The maximum atomic E-state index is 12.4. The number of thiazole rings is 1. The van der Waals surface area contributed by atoms with Crippen LogP contribution in [0.3, 0.4) is 0 Å². The number of anilines is 1. The molecule has 8 heteroatoms. The summed E-state index contributed by atoms with van der Waals surface area (Å²) in [6, 6.07) is 13.2. The Morgan fingerprint density at radius 3 is 2.79 bits per heavy atom. The number of phenols is 1. The zero-order valence-corrected chi connectivity index (χ0v) is 15.2. The Morgan fingerprint density at radius 1 is 1.21 bits per heavy atom. The summed E-state index contributed by atoms with van der Waals surface area (Å²) in [5.74, 6) is -0.0981. The highest BCUT2D eigenvalue weighted by Crippen LogP contribution is 2.31. The van der Waals surface area contributed by atoms with Crippen LogP contribution in [0.15, 0.2) is 69.3 Å². The summed E-state index contributed by atoms with van der Waals surface area (Å²) in [6.07, 6.45) is 1.58. The van der Waals surface area contributed by atoms with Gasteiger partial charge in [0.2, 0.25) is 0 Å². The van der Waals surface area contributed by atoms with E-state index in [4.69, 9.17) is 9.15 Å². The zero-order valence-electron chi connectivity index (χ0n) is 14.4. The largest absolute Gasteiger partial charge is 0.507 e. The topological polar surface area (TPSA) is 102 Å². The van der Waals surface area contributed by atoms with Gasteiger partial charge in [-0.1, -0.05) is 30.3 Å². The lowest BCUT2D eigenvalue weighted by atomic mass is 10.1. The normalized spacial score (nSPS) is 10.7. The third-order valence-electron chi connectivity index (χ3n) is 3.89. The summed E-state index contributed by atoms with van der Waals surface area (Å²) < 4.78 is 11.2. The van der Waals surface area contributed by atoms with Crippen molar-refractivity contribution in [3.63, 3.8) is 0 Å². The summed E-state index contributed by atoms with van der Waals surface area (Å²) >= 11 is 1.29. The predicted octanol–water partition coefficient (Wildman–Crippen LogP) is 3.64. The van der Waals surface area contributed by atoms with E-state index in [0.29, 0.717) is 10.9 Å². The van der Waals surface area contributed by atoms with Crippen LogP contribution in [0.25, 0.3) is 22.3 Å². The molecule has 140 valence electrons. The monoisotopic (exact) mass is 394 g/mol. The van der Waals surface area contributed by atoms with Crippen LogP contribution in [0.4, 0.5) is 5.13 Å². The molecule has 4 rings (SSSR count). The molecule has 2 aromatic carbocycles. The van der Waals surface area contributed by atoms with Gasteiger partial charge in [0.25, 0.3) is 5.91 Å². The molecule has 0 aliphatic heterocycles. The number of nitrogens with one attached hydrogen (secondary N) is 1. The van der Waals surface area contributed by atoms with Crippen LogP contribution in [0.5, 0.6) is 11.5 Å². The molecule has 0 aliphatic carbocycles. The smallest absolute Gasteiger partial charge is 0.264 e. The first kappa shape index (κ1) is 17.7. The van der Waals surface area contributed by atoms with Gasteiger partial charge in [-0.3, -0.25) is 14.9 Å². The molecule has 0 aliphatic rings. The van der Waals surface area contributed by atoms with Crippen molar-refractivity contribution in [2.45, 2.75) is 0 Å². The fourth-order valence-electron chi connectivity index (χ4n) is 2.66. The molecule has 0 saturated carbocycles. The number of hydrogen-bond donors (Lipinski definition) is 2. The molecule has 2 heterocycles. The van der Waals surface area contributed by atoms with Gasteiger partial charge in [-0.15, -0.1) is 11.3 Å². The number of fused-ring (bicyclic) bond motifs is 1. The SMILES string of the molecule is O=C(COc1cc(O)c2c(=O)cc(-c3ccccc3)oc2c1)Nc1nccs1. The molecule has 2 aromatic heterocycles. The lowest BCUT2D eigenvalue weighted by molar-refractivity contribution is -0.118. The van der Waals surface area contributed by atoms with Crippen LogP contribution in [-0.2, 0) is 4.79 Å². The number of aromatic hydroxyl groups is 1. The van der Waals surface area contributed by atoms with Gasteiger partial charge < -0.3 is 14.3 Å². The van der Waals surface area contributed by atoms with E-state index < -0.39 is 5.91 Å². The third-order valence-corrected chi connectivity index (χ3v) is 4.58. The number of benzene rings is 2. The van der Waals surface area contributed by atoms with Crippen LogP contribution in [-0.4, -0.2) is 22.6 Å². The van der Waals surface area contributed by atoms with Gasteiger partial charge in [-0.05, 0) is 0 Å². The highest BCUT2D eigenvalue weighted by molar-refractivity contribution is 7.13. The van der Waals surface area contributed by atoms with Crippen LogP contribution < -0.4 is 15.5 Å². The van der Waals surface area contributed by atoms with Crippen LogP contribution in [0, 0.1) is 0 Å². The predicted molar refractivity (Wildman–Crippen MR) is 106 cm³/mol. The van der Waals surface area contributed by atoms with Gasteiger partial charge in [0.15, 0.2) is 17.2 Å². The molecule has 0 fully saturated rings. The standard InChI is InChI=1S/C20H14N2O5S/c23-14-8-13(26-11-18(25)22-20-21-6-7-28-20)9-17-19(14)15(24)10-16(27-17)12-4-2-1-3-5-12/h1-10,23H,11H2,(H,21,22,25). The summed E-state index contributed by atoms with van der Waals surface area (Å²) in [4.78, 5) is 28.3. The molecular formula is C20H14N2O5S. The minimum atomic E-state index is -0.394. The fraction of sp³-hybridized carbons (Fsp3) is 0.0500. The van der Waals surface area contributed by atoms with Crippen molar-refractivity contribution in [2.24, 2.45) is 0 Å². The van der Waals surface area contributed by atoms with E-state index in [2.05, 4.69) is 10.3 Å². The number of rotatable bonds is 5. The molecule has 7 nitrogen and oxygen atoms in total. The van der Waals surface area contributed by atoms with Crippen molar-refractivity contribution in [3.8, 4) is 22.8 Å². The van der Waals surface area contributed by atoms with Crippen molar-refractivity contribution in [2.75, 3.05) is 11.9 Å². The van der Waals surface area contributed by atoms with E-state index >= 15 is 0 Å². The van der Waals surface area contributed by atoms with E-state index in [1.807, 2.05) is 30.3 Å². The molecule has 2 N–H and O–H groups in total. The molecule has 0 unspecified atom stereocenters. The first-order chi connectivity index (χ1) is 13.6. The first-order valence-electron chi connectivity index (χ1n) is 8.28. The quantitative estimate of drug-likeness (QED) is 0.536. The maximum Gasteiger partial charge on any atom is 0.264 e. The molecule has 0 spiro atoms. The van der Waals surface area contributed by atoms with Crippen LogP contribution >= 0.6 is 11.3 Å². The Hall–Kier alpha value is -3.65. The second-order valence-corrected chi connectivity index (χ2v) is 6.73. The van der Waals surface area contributed by atoms with E-state index in [1.54, 1.807) is 11.6 Å². The van der Waals surface area contributed by atoms with Gasteiger partial charge >= 0.3 is 0 Å². The number of amides is 1. The molecular weight excluding hydrogens is 380 g/mol. The highest BCUT2D eigenvalue weighted by atomic mass is 32.1. The second-order valence-electron chi connectivity index (χ2n) is 5.83. The number of aromatic nitrogens is 1. The van der Waals surface area contributed by atoms with Gasteiger partial charge in [0.1, 0.15) is 28.2 Å². The van der Waals surface area contributed by atoms with Crippen LogP contribution in [0.2, 0.25) is 0 Å². The fourth-order valence-corrected chi connectivity index (χ4v) is 3.21. The summed E-state index contributed by atoms with van der Waals surface area (Å²) in [5, 5.41) is 15.1. The average molecular weight is 394 g/mol. The second kappa shape index (κ2) is 7.53. The summed E-state index contributed by atoms with van der Waals surface area (Å²) in [5.41, 5.74) is 0.530. The molecule has 28 heavy (non-hydrogen) atoms. The number of nitrogens with zero attached hydrogens (tertiary/aromatic N) is 1. The van der Waals surface area contributed by atoms with Crippen molar-refractivity contribution < 1.29 is 19.1 Å². The zero-order chi connectivity index (χ0) is 19.5. The minimum Gasteiger partial charge on any atom is -0.507 e. The van der Waals surface area contributed by atoms with Crippen molar-refractivity contribution in [1.29, 1.82) is 0 Å². The summed E-state index contributed by atoms with van der Waals surface area (Å²) in [6.45, 7) is -0.285. The van der Waals surface area contributed by atoms with Gasteiger partial charge in [0.05, 0.1) is 0 Å². The maximum absolute atomic E-state index is 12.4. The number of phenolic OH excluding ortho intramolecular Hbond substituents is 1. The van der Waals surface area contributed by atoms with Gasteiger partial charge in [-0.25, -0.2) is 4.98 Å². The number of ether oxygens (including phenoxy) is 1. The van der Waals surface area contributed by atoms with Crippen molar-refractivity contribution in [1.82, 2.24) is 4.98 Å². The number of carbonyl (C=O) groups excluding carboxylic acids is 1. The lowest BCUT2D eigenvalue weighted by Gasteiger charge is -2.09. The molecule has 0 saturated heterocycles. The van der Waals surface area contributed by atoms with E-state index in [-0.39, 0.29) is 34.5 Å².